The Hall–Kier alpha value is -2.37. The van der Waals surface area contributed by atoms with Gasteiger partial charge in [-0.15, -0.1) is 0 Å². The van der Waals surface area contributed by atoms with Crippen molar-refractivity contribution in [3.63, 3.8) is 0 Å². The maximum atomic E-state index is 12.3. The Morgan fingerprint density at radius 3 is 2.95 bits per heavy atom. The van der Waals surface area contributed by atoms with Gasteiger partial charge in [-0.05, 0) is 25.7 Å². The maximum Gasteiger partial charge on any atom is 0.251 e. The van der Waals surface area contributed by atoms with Crippen molar-refractivity contribution in [1.29, 1.82) is 0 Å². The van der Waals surface area contributed by atoms with Crippen molar-refractivity contribution in [3.8, 4) is 0 Å². The van der Waals surface area contributed by atoms with Crippen LogP contribution < -0.4 is 5.32 Å². The largest absolute Gasteiger partial charge is 0.320 e. The number of amides is 1. The second-order valence-corrected chi connectivity index (χ2v) is 5.73. The van der Waals surface area contributed by atoms with Crippen molar-refractivity contribution in [1.82, 2.24) is 19.6 Å². The number of hydrogen-bond acceptors (Lipinski definition) is 3. The first kappa shape index (κ1) is 14.6. The standard InChI is InChI=1S/C16H21N5O/c1-20-10-13(8-17-20)11-21-12-15(9-18-21)19-16(22)14-6-4-2-3-5-7-14/h6,8-10,12H,2-5,7,11H2,1H3,(H,19,22). The molecule has 1 amide bonds. The van der Waals surface area contributed by atoms with Gasteiger partial charge in [0.2, 0.25) is 0 Å². The number of aromatic nitrogens is 4. The molecule has 0 saturated heterocycles. The number of aryl methyl sites for hydroxylation is 1. The highest BCUT2D eigenvalue weighted by Gasteiger charge is 2.12. The summed E-state index contributed by atoms with van der Waals surface area (Å²) in [6, 6.07) is 0. The van der Waals surface area contributed by atoms with Gasteiger partial charge in [-0.25, -0.2) is 0 Å². The molecule has 0 saturated carbocycles. The molecule has 2 heterocycles. The Balaban J connectivity index is 1.61. The van der Waals surface area contributed by atoms with Gasteiger partial charge in [0.05, 0.1) is 24.6 Å². The smallest absolute Gasteiger partial charge is 0.251 e. The van der Waals surface area contributed by atoms with Crippen molar-refractivity contribution in [3.05, 3.63) is 42.0 Å². The quantitative estimate of drug-likeness (QED) is 0.943. The van der Waals surface area contributed by atoms with Crippen LogP contribution >= 0.6 is 0 Å². The molecule has 6 heteroatoms. The molecule has 0 aliphatic heterocycles. The minimum absolute atomic E-state index is 0.00262. The zero-order chi connectivity index (χ0) is 15.4. The number of rotatable bonds is 4. The fourth-order valence-corrected chi connectivity index (χ4v) is 2.69. The molecule has 6 nitrogen and oxygen atoms in total. The molecule has 2 aromatic rings. The Labute approximate surface area is 129 Å². The Kier molecular flexibility index (Phi) is 4.37. The SMILES string of the molecule is Cn1cc(Cn2cc(NC(=O)C3=CCCCCC3)cn2)cn1. The number of carbonyl (C=O) groups is 1. The van der Waals surface area contributed by atoms with Gasteiger partial charge in [0, 0.05) is 30.6 Å². The maximum absolute atomic E-state index is 12.3. The molecule has 3 rings (SSSR count). The summed E-state index contributed by atoms with van der Waals surface area (Å²) in [7, 11) is 1.89. The molecule has 116 valence electrons. The number of allylic oxidation sites excluding steroid dienone is 1. The first-order chi connectivity index (χ1) is 10.7. The molecular formula is C16H21N5O. The van der Waals surface area contributed by atoms with Crippen LogP contribution in [0.5, 0.6) is 0 Å². The highest BCUT2D eigenvalue weighted by molar-refractivity contribution is 6.03. The fraction of sp³-hybridized carbons (Fsp3) is 0.438. The predicted molar refractivity (Wildman–Crippen MR) is 84.3 cm³/mol. The van der Waals surface area contributed by atoms with E-state index < -0.39 is 0 Å². The highest BCUT2D eigenvalue weighted by Crippen LogP contribution is 2.19. The number of hydrogen-bond donors (Lipinski definition) is 1. The van der Waals surface area contributed by atoms with E-state index in [1.165, 1.54) is 12.8 Å². The van der Waals surface area contributed by atoms with E-state index >= 15 is 0 Å². The second-order valence-electron chi connectivity index (χ2n) is 5.73. The van der Waals surface area contributed by atoms with E-state index in [1.54, 1.807) is 15.6 Å². The third kappa shape index (κ3) is 3.63. The van der Waals surface area contributed by atoms with Gasteiger partial charge in [-0.2, -0.15) is 10.2 Å². The Bertz CT molecular complexity index is 682. The summed E-state index contributed by atoms with van der Waals surface area (Å²) in [6.45, 7) is 0.645. The monoisotopic (exact) mass is 299 g/mol. The molecule has 0 aromatic carbocycles. The zero-order valence-electron chi connectivity index (χ0n) is 12.8. The van der Waals surface area contributed by atoms with E-state index in [1.807, 2.05) is 25.6 Å². The fourth-order valence-electron chi connectivity index (χ4n) is 2.69. The van der Waals surface area contributed by atoms with Crippen molar-refractivity contribution < 1.29 is 4.79 Å². The van der Waals surface area contributed by atoms with Crippen LogP contribution in [0.4, 0.5) is 5.69 Å². The van der Waals surface area contributed by atoms with Crippen LogP contribution in [-0.2, 0) is 18.4 Å². The lowest BCUT2D eigenvalue weighted by Crippen LogP contribution is -2.13. The molecule has 2 aromatic heterocycles. The number of anilines is 1. The van der Waals surface area contributed by atoms with Crippen molar-refractivity contribution in [2.75, 3.05) is 5.32 Å². The topological polar surface area (TPSA) is 64.7 Å². The van der Waals surface area contributed by atoms with E-state index in [0.717, 1.165) is 36.1 Å². The summed E-state index contributed by atoms with van der Waals surface area (Å²) in [5.74, 6) is 0.00262. The molecule has 1 aliphatic rings. The molecule has 1 aliphatic carbocycles. The van der Waals surface area contributed by atoms with Crippen LogP contribution in [0.3, 0.4) is 0 Å². The lowest BCUT2D eigenvalue weighted by atomic mass is 10.1. The number of nitrogens with zero attached hydrogens (tertiary/aromatic N) is 4. The third-order valence-corrected chi connectivity index (χ3v) is 3.83. The van der Waals surface area contributed by atoms with Crippen LogP contribution in [0, 0.1) is 0 Å². The van der Waals surface area contributed by atoms with Crippen molar-refractivity contribution in [2.45, 2.75) is 38.6 Å². The lowest BCUT2D eigenvalue weighted by molar-refractivity contribution is -0.113. The van der Waals surface area contributed by atoms with Gasteiger partial charge < -0.3 is 5.32 Å². The summed E-state index contributed by atoms with van der Waals surface area (Å²) in [5, 5.41) is 11.4. The summed E-state index contributed by atoms with van der Waals surface area (Å²) in [6.07, 6.45) is 14.7. The number of nitrogens with one attached hydrogen (secondary N) is 1. The summed E-state index contributed by atoms with van der Waals surface area (Å²) >= 11 is 0. The first-order valence-electron chi connectivity index (χ1n) is 7.71. The molecule has 1 N–H and O–H groups in total. The van der Waals surface area contributed by atoms with Gasteiger partial charge in [0.25, 0.3) is 5.91 Å². The van der Waals surface area contributed by atoms with E-state index in [-0.39, 0.29) is 5.91 Å². The van der Waals surface area contributed by atoms with E-state index in [4.69, 9.17) is 0 Å². The van der Waals surface area contributed by atoms with E-state index in [2.05, 4.69) is 21.6 Å². The molecule has 0 fully saturated rings. The average molecular weight is 299 g/mol. The highest BCUT2D eigenvalue weighted by atomic mass is 16.1. The first-order valence-corrected chi connectivity index (χ1v) is 7.71. The van der Waals surface area contributed by atoms with Gasteiger partial charge >= 0.3 is 0 Å². The molecule has 0 unspecified atom stereocenters. The van der Waals surface area contributed by atoms with E-state index in [0.29, 0.717) is 6.54 Å². The van der Waals surface area contributed by atoms with Gasteiger partial charge in [0.1, 0.15) is 0 Å². The summed E-state index contributed by atoms with van der Waals surface area (Å²) in [5.41, 5.74) is 2.71. The van der Waals surface area contributed by atoms with E-state index in [9.17, 15) is 4.79 Å². The van der Waals surface area contributed by atoms with Crippen LogP contribution in [0.25, 0.3) is 0 Å². The Morgan fingerprint density at radius 2 is 2.14 bits per heavy atom. The van der Waals surface area contributed by atoms with Gasteiger partial charge in [-0.1, -0.05) is 12.5 Å². The van der Waals surface area contributed by atoms with Crippen LogP contribution in [-0.4, -0.2) is 25.5 Å². The van der Waals surface area contributed by atoms with Crippen LogP contribution in [0.1, 0.15) is 37.7 Å². The van der Waals surface area contributed by atoms with Gasteiger partial charge in [0.15, 0.2) is 0 Å². The predicted octanol–water partition coefficient (Wildman–Crippen LogP) is 2.49. The molecule has 0 atom stereocenters. The molecule has 0 radical (unpaired) electrons. The minimum Gasteiger partial charge on any atom is -0.320 e. The van der Waals surface area contributed by atoms with Crippen molar-refractivity contribution in [2.24, 2.45) is 7.05 Å². The molecule has 22 heavy (non-hydrogen) atoms. The summed E-state index contributed by atoms with van der Waals surface area (Å²) in [4.78, 5) is 12.3. The Morgan fingerprint density at radius 1 is 1.23 bits per heavy atom. The van der Waals surface area contributed by atoms with Crippen molar-refractivity contribution >= 4 is 11.6 Å². The lowest BCUT2D eigenvalue weighted by Gasteiger charge is -2.05. The normalized spacial score (nSPS) is 15.2. The van der Waals surface area contributed by atoms with Crippen LogP contribution in [0.15, 0.2) is 36.4 Å². The third-order valence-electron chi connectivity index (χ3n) is 3.83. The molecular weight excluding hydrogens is 278 g/mol. The average Bonchev–Trinajstić information content (AvgIpc) is 2.99. The van der Waals surface area contributed by atoms with Gasteiger partial charge in [-0.3, -0.25) is 14.2 Å². The number of carbonyl (C=O) groups excluding carboxylic acids is 1. The molecule has 0 bridgehead atoms. The zero-order valence-corrected chi connectivity index (χ0v) is 12.8. The minimum atomic E-state index is 0.00262. The second kappa shape index (κ2) is 6.60. The summed E-state index contributed by atoms with van der Waals surface area (Å²) < 4.78 is 3.56. The van der Waals surface area contributed by atoms with Crippen LogP contribution in [0.2, 0.25) is 0 Å². The molecule has 0 spiro atoms.